The van der Waals surface area contributed by atoms with Gasteiger partial charge in [0.15, 0.2) is 0 Å². The van der Waals surface area contributed by atoms with Gasteiger partial charge in [-0.1, -0.05) is 6.07 Å². The van der Waals surface area contributed by atoms with Crippen molar-refractivity contribution in [3.05, 3.63) is 29.6 Å². The number of aromatic nitrogens is 1. The van der Waals surface area contributed by atoms with Crippen molar-refractivity contribution < 1.29 is 23.4 Å². The molecule has 0 fully saturated rings. The van der Waals surface area contributed by atoms with Crippen LogP contribution in [0.25, 0.3) is 0 Å². The van der Waals surface area contributed by atoms with Gasteiger partial charge in [-0.2, -0.15) is 18.4 Å². The zero-order valence-corrected chi connectivity index (χ0v) is 8.52. The highest BCUT2D eigenvalue weighted by Crippen LogP contribution is 2.28. The number of aliphatic hydroxyl groups is 2. The highest BCUT2D eigenvalue weighted by atomic mass is 19.4. The molecule has 2 unspecified atom stereocenters. The van der Waals surface area contributed by atoms with Gasteiger partial charge in [0, 0.05) is 0 Å². The van der Waals surface area contributed by atoms with E-state index < -0.39 is 24.1 Å². The van der Waals surface area contributed by atoms with Crippen LogP contribution >= 0.6 is 0 Å². The first-order valence-corrected chi connectivity index (χ1v) is 4.63. The van der Waals surface area contributed by atoms with Gasteiger partial charge in [0.05, 0.1) is 24.3 Å². The molecule has 0 saturated heterocycles. The SMILES string of the molecule is N#CCC(O)C(O)c1cccc(C(F)(F)F)n1. The van der Waals surface area contributed by atoms with E-state index in [-0.39, 0.29) is 12.1 Å². The van der Waals surface area contributed by atoms with Crippen molar-refractivity contribution in [2.45, 2.75) is 24.8 Å². The smallest absolute Gasteiger partial charge is 0.389 e. The first-order chi connectivity index (χ1) is 7.86. The number of aliphatic hydroxyl groups excluding tert-OH is 2. The van der Waals surface area contributed by atoms with E-state index in [0.29, 0.717) is 0 Å². The van der Waals surface area contributed by atoms with E-state index in [1.807, 2.05) is 0 Å². The first-order valence-electron chi connectivity index (χ1n) is 4.63. The van der Waals surface area contributed by atoms with Crippen molar-refractivity contribution in [2.24, 2.45) is 0 Å². The Morgan fingerprint density at radius 1 is 1.35 bits per heavy atom. The Morgan fingerprint density at radius 3 is 2.53 bits per heavy atom. The normalized spacial score (nSPS) is 15.1. The summed E-state index contributed by atoms with van der Waals surface area (Å²) in [7, 11) is 0. The lowest BCUT2D eigenvalue weighted by Crippen LogP contribution is -2.20. The maximum Gasteiger partial charge on any atom is 0.433 e. The molecule has 1 heterocycles. The largest absolute Gasteiger partial charge is 0.433 e. The lowest BCUT2D eigenvalue weighted by Gasteiger charge is -2.15. The van der Waals surface area contributed by atoms with Crippen LogP contribution in [-0.4, -0.2) is 21.3 Å². The highest BCUT2D eigenvalue weighted by molar-refractivity contribution is 5.16. The molecule has 0 amide bonds. The molecule has 0 aliphatic rings. The van der Waals surface area contributed by atoms with Crippen molar-refractivity contribution in [3.63, 3.8) is 0 Å². The quantitative estimate of drug-likeness (QED) is 0.845. The van der Waals surface area contributed by atoms with Crippen molar-refractivity contribution in [3.8, 4) is 6.07 Å². The van der Waals surface area contributed by atoms with Crippen LogP contribution in [0.2, 0.25) is 0 Å². The third-order valence-corrected chi connectivity index (χ3v) is 2.03. The number of hydrogen-bond donors (Lipinski definition) is 2. The Hall–Kier alpha value is -1.65. The van der Waals surface area contributed by atoms with Gasteiger partial charge in [-0.3, -0.25) is 0 Å². The minimum Gasteiger partial charge on any atom is -0.389 e. The zero-order valence-electron chi connectivity index (χ0n) is 8.52. The minimum absolute atomic E-state index is 0.317. The molecule has 0 radical (unpaired) electrons. The molecule has 0 aliphatic carbocycles. The average molecular weight is 246 g/mol. The van der Waals surface area contributed by atoms with Crippen LogP contribution in [0, 0.1) is 11.3 Å². The van der Waals surface area contributed by atoms with Gasteiger partial charge < -0.3 is 10.2 Å². The van der Waals surface area contributed by atoms with Crippen LogP contribution in [0.3, 0.4) is 0 Å². The van der Waals surface area contributed by atoms with Crippen molar-refractivity contribution in [1.29, 1.82) is 5.26 Å². The molecule has 17 heavy (non-hydrogen) atoms. The Morgan fingerprint density at radius 2 is 2.00 bits per heavy atom. The molecule has 92 valence electrons. The molecule has 1 aromatic rings. The predicted octanol–water partition coefficient (Wildman–Crippen LogP) is 1.41. The van der Waals surface area contributed by atoms with E-state index in [1.54, 1.807) is 6.07 Å². The number of pyridine rings is 1. The highest BCUT2D eigenvalue weighted by Gasteiger charge is 2.33. The Balaban J connectivity index is 2.96. The Labute approximate surface area is 95.0 Å². The maximum absolute atomic E-state index is 12.3. The molecule has 1 rings (SSSR count). The first kappa shape index (κ1) is 13.4. The van der Waals surface area contributed by atoms with Gasteiger partial charge in [0.1, 0.15) is 11.8 Å². The Kier molecular flexibility index (Phi) is 4.04. The van der Waals surface area contributed by atoms with E-state index in [2.05, 4.69) is 4.98 Å². The minimum atomic E-state index is -4.62. The lowest BCUT2D eigenvalue weighted by atomic mass is 10.1. The third-order valence-electron chi connectivity index (χ3n) is 2.03. The number of hydrogen-bond acceptors (Lipinski definition) is 4. The summed E-state index contributed by atoms with van der Waals surface area (Å²) >= 11 is 0. The Bertz CT molecular complexity index is 428. The second kappa shape index (κ2) is 5.12. The molecule has 0 spiro atoms. The molecule has 0 bridgehead atoms. The van der Waals surface area contributed by atoms with Crippen LogP contribution in [0.5, 0.6) is 0 Å². The van der Waals surface area contributed by atoms with Gasteiger partial charge in [-0.25, -0.2) is 4.98 Å². The van der Waals surface area contributed by atoms with Crippen molar-refractivity contribution in [1.82, 2.24) is 4.98 Å². The lowest BCUT2D eigenvalue weighted by molar-refractivity contribution is -0.141. The summed E-state index contributed by atoms with van der Waals surface area (Å²) in [5.41, 5.74) is -1.47. The fraction of sp³-hybridized carbons (Fsp3) is 0.400. The summed E-state index contributed by atoms with van der Waals surface area (Å²) in [6, 6.07) is 4.59. The van der Waals surface area contributed by atoms with E-state index >= 15 is 0 Å². The van der Waals surface area contributed by atoms with Gasteiger partial charge in [-0.15, -0.1) is 0 Å². The fourth-order valence-electron chi connectivity index (χ4n) is 1.18. The topological polar surface area (TPSA) is 77.1 Å². The zero-order chi connectivity index (χ0) is 13.1. The van der Waals surface area contributed by atoms with E-state index in [0.717, 1.165) is 18.2 Å². The number of alkyl halides is 3. The van der Waals surface area contributed by atoms with E-state index in [1.165, 1.54) is 0 Å². The monoisotopic (exact) mass is 246 g/mol. The number of halogens is 3. The standard InChI is InChI=1S/C10H9F3N2O2/c11-10(12,13)8-3-1-2-6(15-8)9(17)7(16)4-5-14/h1-3,7,9,16-17H,4H2. The van der Waals surface area contributed by atoms with Crippen molar-refractivity contribution in [2.75, 3.05) is 0 Å². The van der Waals surface area contributed by atoms with Crippen LogP contribution in [0.15, 0.2) is 18.2 Å². The molecule has 0 saturated carbocycles. The van der Waals surface area contributed by atoms with Crippen LogP contribution < -0.4 is 0 Å². The summed E-state index contributed by atoms with van der Waals surface area (Å²) in [4.78, 5) is 3.20. The number of rotatable bonds is 3. The molecular weight excluding hydrogens is 237 g/mol. The average Bonchev–Trinajstić information content (AvgIpc) is 2.27. The van der Waals surface area contributed by atoms with Crippen molar-refractivity contribution >= 4 is 0 Å². The molecule has 1 aromatic heterocycles. The molecule has 0 aliphatic heterocycles. The summed E-state index contributed by atoms with van der Waals surface area (Å²) in [5, 5.41) is 27.0. The summed E-state index contributed by atoms with van der Waals surface area (Å²) in [5.74, 6) is 0. The molecular formula is C10H9F3N2O2. The summed E-state index contributed by atoms with van der Waals surface area (Å²) in [6.07, 6.45) is -8.08. The van der Waals surface area contributed by atoms with Gasteiger partial charge in [0.2, 0.25) is 0 Å². The molecule has 2 atom stereocenters. The number of nitriles is 1. The summed E-state index contributed by atoms with van der Waals surface area (Å²) in [6.45, 7) is 0. The second-order valence-electron chi connectivity index (χ2n) is 3.32. The fourth-order valence-corrected chi connectivity index (χ4v) is 1.18. The van der Waals surface area contributed by atoms with Gasteiger partial charge in [-0.05, 0) is 12.1 Å². The predicted molar refractivity (Wildman–Crippen MR) is 50.4 cm³/mol. The second-order valence-corrected chi connectivity index (χ2v) is 3.32. The van der Waals surface area contributed by atoms with Crippen LogP contribution in [-0.2, 0) is 6.18 Å². The molecule has 0 aromatic carbocycles. The van der Waals surface area contributed by atoms with Gasteiger partial charge >= 0.3 is 6.18 Å². The molecule has 7 heteroatoms. The van der Waals surface area contributed by atoms with Gasteiger partial charge in [0.25, 0.3) is 0 Å². The molecule has 2 N–H and O–H groups in total. The number of nitrogens with zero attached hydrogens (tertiary/aromatic N) is 2. The maximum atomic E-state index is 12.3. The van der Waals surface area contributed by atoms with E-state index in [4.69, 9.17) is 5.26 Å². The van der Waals surface area contributed by atoms with Crippen LogP contribution in [0.4, 0.5) is 13.2 Å². The summed E-state index contributed by atoms with van der Waals surface area (Å²) < 4.78 is 37.0. The van der Waals surface area contributed by atoms with Crippen LogP contribution in [0.1, 0.15) is 23.9 Å². The van der Waals surface area contributed by atoms with E-state index in [9.17, 15) is 23.4 Å². The third kappa shape index (κ3) is 3.41. The molecule has 4 nitrogen and oxygen atoms in total.